The van der Waals surface area contributed by atoms with Gasteiger partial charge in [0, 0.05) is 4.90 Å². The van der Waals surface area contributed by atoms with E-state index in [1.54, 1.807) is 18.0 Å². The fraction of sp³-hybridized carbons (Fsp3) is 0.182. The number of aromatic nitrogens is 1. The van der Waals surface area contributed by atoms with Crippen molar-refractivity contribution in [2.75, 3.05) is 5.73 Å². The Labute approximate surface area is 97.5 Å². The van der Waals surface area contributed by atoms with Gasteiger partial charge < -0.3 is 5.73 Å². The Morgan fingerprint density at radius 3 is 2.73 bits per heavy atom. The molecule has 0 atom stereocenters. The van der Waals surface area contributed by atoms with E-state index in [1.165, 1.54) is 27.4 Å². The topological polar surface area (TPSA) is 38.9 Å². The molecule has 0 fully saturated rings. The van der Waals surface area contributed by atoms with Gasteiger partial charge in [-0.25, -0.2) is 4.98 Å². The number of rotatable bonds is 2. The van der Waals surface area contributed by atoms with Crippen molar-refractivity contribution in [3.63, 3.8) is 0 Å². The van der Waals surface area contributed by atoms with E-state index in [2.05, 4.69) is 37.0 Å². The second-order valence-corrected chi connectivity index (χ2v) is 5.75. The molecule has 0 unspecified atom stereocenters. The standard InChI is InChI=1S/C11H12N2S2/c1-7-3-4-9(8(2)5-7)14-11-13-6-10(12)15-11/h3-6H,12H2,1-2H3. The van der Waals surface area contributed by atoms with Crippen molar-refractivity contribution in [3.05, 3.63) is 35.5 Å². The van der Waals surface area contributed by atoms with Crippen LogP contribution in [0.4, 0.5) is 5.00 Å². The van der Waals surface area contributed by atoms with Crippen LogP contribution >= 0.6 is 23.1 Å². The summed E-state index contributed by atoms with van der Waals surface area (Å²) in [6, 6.07) is 6.43. The lowest BCUT2D eigenvalue weighted by molar-refractivity contribution is 1.22. The fourth-order valence-electron chi connectivity index (χ4n) is 1.32. The summed E-state index contributed by atoms with van der Waals surface area (Å²) in [5, 5.41) is 0.766. The molecule has 2 rings (SSSR count). The summed E-state index contributed by atoms with van der Waals surface area (Å²) in [7, 11) is 0. The molecule has 0 bridgehead atoms. The Balaban J connectivity index is 2.24. The highest BCUT2D eigenvalue weighted by molar-refractivity contribution is 8.01. The Kier molecular flexibility index (Phi) is 2.98. The number of hydrogen-bond acceptors (Lipinski definition) is 4. The van der Waals surface area contributed by atoms with Crippen LogP contribution in [0, 0.1) is 13.8 Å². The number of nitrogen functional groups attached to an aromatic ring is 1. The molecule has 1 aromatic carbocycles. The highest BCUT2D eigenvalue weighted by atomic mass is 32.2. The van der Waals surface area contributed by atoms with Crippen molar-refractivity contribution in [1.82, 2.24) is 4.98 Å². The molecule has 0 saturated carbocycles. The zero-order chi connectivity index (χ0) is 10.8. The van der Waals surface area contributed by atoms with E-state index in [9.17, 15) is 0 Å². The third-order valence-electron chi connectivity index (χ3n) is 2.03. The smallest absolute Gasteiger partial charge is 0.156 e. The maximum absolute atomic E-state index is 5.64. The molecule has 15 heavy (non-hydrogen) atoms. The molecule has 1 aromatic heterocycles. The number of hydrogen-bond donors (Lipinski definition) is 1. The van der Waals surface area contributed by atoms with Gasteiger partial charge in [-0.3, -0.25) is 0 Å². The average Bonchev–Trinajstić information content (AvgIpc) is 2.56. The maximum atomic E-state index is 5.64. The lowest BCUT2D eigenvalue weighted by atomic mass is 10.2. The SMILES string of the molecule is Cc1ccc(Sc2ncc(N)s2)c(C)c1. The van der Waals surface area contributed by atoms with E-state index >= 15 is 0 Å². The first-order valence-corrected chi connectivity index (χ1v) is 6.25. The average molecular weight is 236 g/mol. The minimum atomic E-state index is 0.766. The van der Waals surface area contributed by atoms with Crippen LogP contribution in [0.25, 0.3) is 0 Å². The summed E-state index contributed by atoms with van der Waals surface area (Å²) in [6.07, 6.45) is 1.70. The Hall–Kier alpha value is -1.00. The molecule has 0 amide bonds. The molecule has 1 heterocycles. The quantitative estimate of drug-likeness (QED) is 0.867. The van der Waals surface area contributed by atoms with Gasteiger partial charge in [0.2, 0.25) is 0 Å². The van der Waals surface area contributed by atoms with Crippen molar-refractivity contribution in [3.8, 4) is 0 Å². The third kappa shape index (κ3) is 2.52. The van der Waals surface area contributed by atoms with E-state index in [-0.39, 0.29) is 0 Å². The van der Waals surface area contributed by atoms with Crippen molar-refractivity contribution in [2.24, 2.45) is 0 Å². The predicted octanol–water partition coefficient (Wildman–Crippen LogP) is 3.49. The van der Waals surface area contributed by atoms with Gasteiger partial charge in [-0.05, 0) is 25.5 Å². The van der Waals surface area contributed by atoms with Crippen LogP contribution in [0.15, 0.2) is 33.6 Å². The minimum Gasteiger partial charge on any atom is -0.389 e. The summed E-state index contributed by atoms with van der Waals surface area (Å²) >= 11 is 3.20. The van der Waals surface area contributed by atoms with Crippen molar-refractivity contribution >= 4 is 28.1 Å². The van der Waals surface area contributed by atoms with Gasteiger partial charge in [0.25, 0.3) is 0 Å². The molecule has 2 aromatic rings. The van der Waals surface area contributed by atoms with E-state index in [0.717, 1.165) is 9.34 Å². The molecule has 0 radical (unpaired) electrons. The van der Waals surface area contributed by atoms with Crippen molar-refractivity contribution in [2.45, 2.75) is 23.1 Å². The lowest BCUT2D eigenvalue weighted by Crippen LogP contribution is -1.81. The fourth-order valence-corrected chi connectivity index (χ4v) is 3.11. The van der Waals surface area contributed by atoms with Crippen molar-refractivity contribution < 1.29 is 0 Å². The molecule has 0 aliphatic carbocycles. The summed E-state index contributed by atoms with van der Waals surface area (Å²) < 4.78 is 0.999. The number of nitrogens with two attached hydrogens (primary N) is 1. The zero-order valence-corrected chi connectivity index (χ0v) is 10.3. The Morgan fingerprint density at radius 2 is 2.13 bits per heavy atom. The minimum absolute atomic E-state index is 0.766. The number of nitrogens with zero attached hydrogens (tertiary/aromatic N) is 1. The lowest BCUT2D eigenvalue weighted by Gasteiger charge is -2.03. The van der Waals surface area contributed by atoms with Crippen molar-refractivity contribution in [1.29, 1.82) is 0 Å². The van der Waals surface area contributed by atoms with E-state index in [4.69, 9.17) is 5.73 Å². The van der Waals surface area contributed by atoms with Crippen LogP contribution in [0.1, 0.15) is 11.1 Å². The predicted molar refractivity (Wildman–Crippen MR) is 66.6 cm³/mol. The van der Waals surface area contributed by atoms with E-state index < -0.39 is 0 Å². The Bertz CT molecular complexity index is 477. The van der Waals surface area contributed by atoms with E-state index in [0.29, 0.717) is 0 Å². The normalized spacial score (nSPS) is 10.5. The number of thiazole rings is 1. The first-order chi connectivity index (χ1) is 7.15. The van der Waals surface area contributed by atoms with Gasteiger partial charge in [-0.15, -0.1) is 0 Å². The third-order valence-corrected chi connectivity index (χ3v) is 4.11. The van der Waals surface area contributed by atoms with Gasteiger partial charge in [0.05, 0.1) is 6.20 Å². The van der Waals surface area contributed by atoms with Crippen LogP contribution in [0.2, 0.25) is 0 Å². The first kappa shape index (κ1) is 10.5. The molecule has 2 nitrogen and oxygen atoms in total. The summed E-state index contributed by atoms with van der Waals surface area (Å²) in [5.74, 6) is 0. The van der Waals surface area contributed by atoms with Gasteiger partial charge in [0.15, 0.2) is 4.34 Å². The van der Waals surface area contributed by atoms with E-state index in [1.807, 2.05) is 0 Å². The number of benzene rings is 1. The van der Waals surface area contributed by atoms with Gasteiger partial charge in [-0.1, -0.05) is 40.8 Å². The molecule has 78 valence electrons. The Morgan fingerprint density at radius 1 is 1.33 bits per heavy atom. The van der Waals surface area contributed by atoms with Gasteiger partial charge in [0.1, 0.15) is 5.00 Å². The van der Waals surface area contributed by atoms with Crippen LogP contribution in [0.3, 0.4) is 0 Å². The highest BCUT2D eigenvalue weighted by Gasteiger charge is 2.04. The van der Waals surface area contributed by atoms with Crippen LogP contribution in [-0.4, -0.2) is 4.98 Å². The summed E-state index contributed by atoms with van der Waals surface area (Å²) in [6.45, 7) is 4.22. The molecule has 0 spiro atoms. The first-order valence-electron chi connectivity index (χ1n) is 4.61. The highest BCUT2D eigenvalue weighted by Crippen LogP contribution is 2.34. The van der Waals surface area contributed by atoms with Crippen LogP contribution < -0.4 is 5.73 Å². The van der Waals surface area contributed by atoms with Gasteiger partial charge in [-0.2, -0.15) is 0 Å². The number of aryl methyl sites for hydroxylation is 2. The molecule has 0 saturated heterocycles. The second-order valence-electron chi connectivity index (χ2n) is 3.40. The zero-order valence-electron chi connectivity index (χ0n) is 8.65. The monoisotopic (exact) mass is 236 g/mol. The maximum Gasteiger partial charge on any atom is 0.156 e. The molecule has 0 aliphatic rings. The molecule has 4 heteroatoms. The summed E-state index contributed by atoms with van der Waals surface area (Å²) in [4.78, 5) is 5.48. The molecule has 0 aliphatic heterocycles. The molecule has 2 N–H and O–H groups in total. The second kappa shape index (κ2) is 4.24. The van der Waals surface area contributed by atoms with Crippen LogP contribution in [0.5, 0.6) is 0 Å². The molecular weight excluding hydrogens is 224 g/mol. The number of anilines is 1. The largest absolute Gasteiger partial charge is 0.389 e. The summed E-state index contributed by atoms with van der Waals surface area (Å²) in [5.41, 5.74) is 8.21. The van der Waals surface area contributed by atoms with Gasteiger partial charge >= 0.3 is 0 Å². The molecular formula is C11H12N2S2. The van der Waals surface area contributed by atoms with Crippen LogP contribution in [-0.2, 0) is 0 Å².